The van der Waals surface area contributed by atoms with E-state index in [4.69, 9.17) is 0 Å². The topological polar surface area (TPSA) is 67.2 Å². The van der Waals surface area contributed by atoms with Crippen LogP contribution in [0.25, 0.3) is 0 Å². The maximum absolute atomic E-state index is 12.3. The zero-order valence-corrected chi connectivity index (χ0v) is 13.6. The molecule has 1 aromatic heterocycles. The molecule has 0 fully saturated rings. The number of nitrogens with one attached hydrogen (secondary N) is 1. The Morgan fingerprint density at radius 2 is 2.22 bits per heavy atom. The molecule has 0 aliphatic heterocycles. The van der Waals surface area contributed by atoms with Gasteiger partial charge in [-0.3, -0.25) is 4.79 Å². The molecule has 3 rings (SSSR count). The summed E-state index contributed by atoms with van der Waals surface area (Å²) < 4.78 is 2.02. The van der Waals surface area contributed by atoms with Gasteiger partial charge in [-0.15, -0.1) is 0 Å². The molecule has 122 valence electrons. The Kier molecular flexibility index (Phi) is 4.48. The van der Waals surface area contributed by atoms with E-state index in [1.165, 1.54) is 0 Å². The monoisotopic (exact) mass is 313 g/mol. The number of imidazole rings is 1. The summed E-state index contributed by atoms with van der Waals surface area (Å²) in [6.45, 7) is 4.78. The molecule has 5 nitrogen and oxygen atoms in total. The van der Waals surface area contributed by atoms with E-state index in [-0.39, 0.29) is 11.9 Å². The van der Waals surface area contributed by atoms with Gasteiger partial charge in [0.1, 0.15) is 5.82 Å². The van der Waals surface area contributed by atoms with Gasteiger partial charge in [0.05, 0.1) is 12.1 Å². The summed E-state index contributed by atoms with van der Waals surface area (Å²) in [4.78, 5) is 16.6. The smallest absolute Gasteiger partial charge is 0.222 e. The Balaban J connectivity index is 1.61. The van der Waals surface area contributed by atoms with Gasteiger partial charge in [-0.05, 0) is 11.1 Å². The number of rotatable bonds is 5. The van der Waals surface area contributed by atoms with Crippen molar-refractivity contribution in [2.45, 2.75) is 51.3 Å². The first-order valence-corrected chi connectivity index (χ1v) is 8.12. The maximum Gasteiger partial charge on any atom is 0.222 e. The molecule has 2 atom stereocenters. The summed E-state index contributed by atoms with van der Waals surface area (Å²) in [5.74, 6) is 1.27. The molecule has 1 heterocycles. The van der Waals surface area contributed by atoms with Crippen LogP contribution in [0.15, 0.2) is 36.7 Å². The Bertz CT molecular complexity index is 693. The molecule has 0 saturated heterocycles. The molecule has 2 N–H and O–H groups in total. The molecule has 1 aromatic carbocycles. The van der Waals surface area contributed by atoms with Gasteiger partial charge >= 0.3 is 0 Å². The van der Waals surface area contributed by atoms with Crippen LogP contribution in [0.5, 0.6) is 0 Å². The molecular weight excluding hydrogens is 290 g/mol. The van der Waals surface area contributed by atoms with Gasteiger partial charge in [0, 0.05) is 37.7 Å². The van der Waals surface area contributed by atoms with Crippen LogP contribution in [0.1, 0.15) is 49.2 Å². The zero-order valence-electron chi connectivity index (χ0n) is 13.6. The fourth-order valence-electron chi connectivity index (χ4n) is 3.23. The van der Waals surface area contributed by atoms with E-state index in [0.29, 0.717) is 25.3 Å². The van der Waals surface area contributed by atoms with Gasteiger partial charge in [-0.25, -0.2) is 4.98 Å². The molecule has 5 heteroatoms. The number of aliphatic hydroxyl groups excluding tert-OH is 1. The SMILES string of the molecule is CC(C)c1nccn1CCC(=O)N[C@@H]1c2ccccc2C[C@@H]1O. The summed E-state index contributed by atoms with van der Waals surface area (Å²) in [6.07, 6.45) is 4.10. The summed E-state index contributed by atoms with van der Waals surface area (Å²) in [5, 5.41) is 13.2. The van der Waals surface area contributed by atoms with Gasteiger partial charge in [-0.2, -0.15) is 0 Å². The van der Waals surface area contributed by atoms with E-state index >= 15 is 0 Å². The number of nitrogens with zero attached hydrogens (tertiary/aromatic N) is 2. The molecule has 0 spiro atoms. The molecule has 1 amide bonds. The number of amides is 1. The number of benzene rings is 1. The highest BCUT2D eigenvalue weighted by atomic mass is 16.3. The van der Waals surface area contributed by atoms with Crippen molar-refractivity contribution >= 4 is 5.91 Å². The summed E-state index contributed by atoms with van der Waals surface area (Å²) in [5.41, 5.74) is 2.14. The minimum absolute atomic E-state index is 0.0471. The van der Waals surface area contributed by atoms with E-state index in [1.807, 2.05) is 35.0 Å². The first-order valence-electron chi connectivity index (χ1n) is 8.12. The van der Waals surface area contributed by atoms with Crippen LogP contribution in [-0.2, 0) is 17.8 Å². The molecule has 1 aliphatic carbocycles. The average molecular weight is 313 g/mol. The van der Waals surface area contributed by atoms with Crippen molar-refractivity contribution in [2.75, 3.05) is 0 Å². The van der Waals surface area contributed by atoms with E-state index < -0.39 is 6.10 Å². The van der Waals surface area contributed by atoms with Crippen molar-refractivity contribution in [1.82, 2.24) is 14.9 Å². The molecule has 2 aromatic rings. The third kappa shape index (κ3) is 3.29. The van der Waals surface area contributed by atoms with Crippen molar-refractivity contribution in [1.29, 1.82) is 0 Å². The lowest BCUT2D eigenvalue weighted by Crippen LogP contribution is -2.34. The van der Waals surface area contributed by atoms with Gasteiger partial charge in [0.15, 0.2) is 0 Å². The second kappa shape index (κ2) is 6.54. The predicted molar refractivity (Wildman–Crippen MR) is 88.0 cm³/mol. The number of aromatic nitrogens is 2. The number of aryl methyl sites for hydroxylation is 1. The quantitative estimate of drug-likeness (QED) is 0.889. The largest absolute Gasteiger partial charge is 0.390 e. The molecule has 23 heavy (non-hydrogen) atoms. The van der Waals surface area contributed by atoms with Gasteiger partial charge < -0.3 is 15.0 Å². The average Bonchev–Trinajstić information content (AvgIpc) is 3.10. The van der Waals surface area contributed by atoms with Crippen LogP contribution in [0.2, 0.25) is 0 Å². The van der Waals surface area contributed by atoms with Crippen LogP contribution in [0.3, 0.4) is 0 Å². The lowest BCUT2D eigenvalue weighted by atomic mass is 10.1. The van der Waals surface area contributed by atoms with Crippen molar-refractivity contribution < 1.29 is 9.90 Å². The van der Waals surface area contributed by atoms with Crippen LogP contribution in [0, 0.1) is 0 Å². The molecule has 0 bridgehead atoms. The van der Waals surface area contributed by atoms with E-state index in [2.05, 4.69) is 24.1 Å². The van der Waals surface area contributed by atoms with E-state index in [9.17, 15) is 9.90 Å². The standard InChI is InChI=1S/C18H23N3O2/c1-12(2)18-19-8-10-21(18)9-7-16(23)20-17-14-6-4-3-5-13(14)11-15(17)22/h3-6,8,10,12,15,17,22H,7,9,11H2,1-2H3,(H,20,23)/t15-,17+/m0/s1. The Hall–Kier alpha value is -2.14. The van der Waals surface area contributed by atoms with Crippen LogP contribution in [-0.4, -0.2) is 26.7 Å². The van der Waals surface area contributed by atoms with Gasteiger partial charge in [0.2, 0.25) is 5.91 Å². The number of hydrogen-bond acceptors (Lipinski definition) is 3. The number of carbonyl (C=O) groups excluding carboxylic acids is 1. The van der Waals surface area contributed by atoms with E-state index in [0.717, 1.165) is 17.0 Å². The van der Waals surface area contributed by atoms with Crippen molar-refractivity contribution in [3.8, 4) is 0 Å². The molecule has 1 aliphatic rings. The van der Waals surface area contributed by atoms with Crippen molar-refractivity contribution in [3.05, 3.63) is 53.6 Å². The summed E-state index contributed by atoms with van der Waals surface area (Å²) in [7, 11) is 0. The lowest BCUT2D eigenvalue weighted by molar-refractivity contribution is -0.122. The zero-order chi connectivity index (χ0) is 16.4. The fraction of sp³-hybridized carbons (Fsp3) is 0.444. The van der Waals surface area contributed by atoms with Gasteiger partial charge in [0.25, 0.3) is 0 Å². The summed E-state index contributed by atoms with van der Waals surface area (Å²) >= 11 is 0. The number of hydrogen-bond donors (Lipinski definition) is 2. The Morgan fingerprint density at radius 1 is 1.43 bits per heavy atom. The number of carbonyl (C=O) groups is 1. The lowest BCUT2D eigenvalue weighted by Gasteiger charge is -2.18. The van der Waals surface area contributed by atoms with Gasteiger partial charge in [-0.1, -0.05) is 38.1 Å². The molecular formula is C18H23N3O2. The number of aliphatic hydroxyl groups is 1. The van der Waals surface area contributed by atoms with E-state index in [1.54, 1.807) is 6.20 Å². The Labute approximate surface area is 136 Å². The van der Waals surface area contributed by atoms with Crippen molar-refractivity contribution in [3.63, 3.8) is 0 Å². The molecule has 0 unspecified atom stereocenters. The fourth-order valence-corrected chi connectivity index (χ4v) is 3.23. The number of fused-ring (bicyclic) bond motifs is 1. The van der Waals surface area contributed by atoms with Crippen LogP contribution < -0.4 is 5.32 Å². The minimum atomic E-state index is -0.546. The predicted octanol–water partition coefficient (Wildman–Crippen LogP) is 2.17. The minimum Gasteiger partial charge on any atom is -0.390 e. The third-order valence-electron chi connectivity index (χ3n) is 4.36. The second-order valence-electron chi connectivity index (χ2n) is 6.40. The third-order valence-corrected chi connectivity index (χ3v) is 4.36. The molecule has 0 saturated carbocycles. The highest BCUT2D eigenvalue weighted by Gasteiger charge is 2.31. The van der Waals surface area contributed by atoms with Crippen LogP contribution >= 0.6 is 0 Å². The second-order valence-corrected chi connectivity index (χ2v) is 6.40. The van der Waals surface area contributed by atoms with Crippen LogP contribution in [0.4, 0.5) is 0 Å². The summed E-state index contributed by atoms with van der Waals surface area (Å²) in [6, 6.07) is 7.58. The highest BCUT2D eigenvalue weighted by molar-refractivity contribution is 5.76. The molecule has 0 radical (unpaired) electrons. The normalized spacial score (nSPS) is 19.8. The first-order chi connectivity index (χ1) is 11.1. The first kappa shape index (κ1) is 15.7. The Morgan fingerprint density at radius 3 is 3.00 bits per heavy atom. The highest BCUT2D eigenvalue weighted by Crippen LogP contribution is 2.31. The van der Waals surface area contributed by atoms with Crippen molar-refractivity contribution in [2.24, 2.45) is 0 Å². The maximum atomic E-state index is 12.3.